The molecule has 0 spiro atoms. The molecule has 0 N–H and O–H groups in total. The van der Waals surface area contributed by atoms with E-state index in [0.29, 0.717) is 12.8 Å². The molecule has 0 aliphatic heterocycles. The number of hydrogen-bond acceptors (Lipinski definition) is 6. The highest BCUT2D eigenvalue weighted by molar-refractivity contribution is 5.72. The Morgan fingerprint density at radius 2 is 0.609 bits per heavy atom. The Morgan fingerprint density at radius 1 is 0.319 bits per heavy atom. The van der Waals surface area contributed by atoms with Gasteiger partial charge in [0, 0.05) is 12.8 Å². The van der Waals surface area contributed by atoms with Crippen molar-refractivity contribution in [2.24, 2.45) is 0 Å². The Hall–Kier alpha value is -3.93. The number of esters is 3. The molecule has 0 aromatic rings. The van der Waals surface area contributed by atoms with Gasteiger partial charge in [-0.2, -0.15) is 0 Å². The van der Waals surface area contributed by atoms with Gasteiger partial charge in [0.05, 0.1) is 6.42 Å². The van der Waals surface area contributed by atoms with E-state index < -0.39 is 12.1 Å². The third-order valence-corrected chi connectivity index (χ3v) is 11.8. The number of ether oxygens (including phenoxy) is 3. The highest BCUT2D eigenvalue weighted by Crippen LogP contribution is 2.15. The highest BCUT2D eigenvalue weighted by atomic mass is 16.6. The second-order valence-corrected chi connectivity index (χ2v) is 18.5. The smallest absolute Gasteiger partial charge is 0.310 e. The quantitative estimate of drug-likeness (QED) is 0.0262. The molecule has 0 radical (unpaired) electrons. The predicted molar refractivity (Wildman–Crippen MR) is 297 cm³/mol. The molecule has 6 heteroatoms. The Kier molecular flexibility index (Phi) is 53.4. The molecule has 0 saturated carbocycles. The number of hydrogen-bond donors (Lipinski definition) is 0. The molecule has 0 aromatic carbocycles. The van der Waals surface area contributed by atoms with E-state index in [2.05, 4.69) is 118 Å². The van der Waals surface area contributed by atoms with Crippen LogP contribution in [0.1, 0.15) is 252 Å². The van der Waals surface area contributed by atoms with Crippen LogP contribution in [-0.2, 0) is 28.6 Å². The summed E-state index contributed by atoms with van der Waals surface area (Å²) >= 11 is 0. The lowest BCUT2D eigenvalue weighted by Gasteiger charge is -2.18. The summed E-state index contributed by atoms with van der Waals surface area (Å²) < 4.78 is 16.7. The summed E-state index contributed by atoms with van der Waals surface area (Å²) in [5.74, 6) is -1.05. The summed E-state index contributed by atoms with van der Waals surface area (Å²) in [6.45, 7) is 6.31. The van der Waals surface area contributed by atoms with Gasteiger partial charge in [-0.15, -0.1) is 0 Å². The summed E-state index contributed by atoms with van der Waals surface area (Å²) in [5, 5.41) is 0. The molecule has 392 valence electrons. The largest absolute Gasteiger partial charge is 0.462 e. The van der Waals surface area contributed by atoms with Gasteiger partial charge in [-0.25, -0.2) is 0 Å². The molecule has 0 bridgehead atoms. The van der Waals surface area contributed by atoms with E-state index >= 15 is 0 Å². The molecule has 1 atom stereocenters. The maximum Gasteiger partial charge on any atom is 0.310 e. The first-order chi connectivity index (χ1) is 34.0. The van der Waals surface area contributed by atoms with Gasteiger partial charge in [0.25, 0.3) is 0 Å². The summed E-state index contributed by atoms with van der Waals surface area (Å²) in [5.41, 5.74) is 0. The van der Waals surface area contributed by atoms with Crippen LogP contribution < -0.4 is 0 Å². The van der Waals surface area contributed by atoms with E-state index in [1.807, 2.05) is 6.08 Å². The number of carbonyl (C=O) groups is 3. The monoisotopic (exact) mass is 957 g/mol. The van der Waals surface area contributed by atoms with Crippen molar-refractivity contribution < 1.29 is 28.6 Å². The zero-order chi connectivity index (χ0) is 50.0. The summed E-state index contributed by atoms with van der Waals surface area (Å²) in [7, 11) is 0. The molecule has 1 unspecified atom stereocenters. The minimum Gasteiger partial charge on any atom is -0.462 e. The van der Waals surface area contributed by atoms with Gasteiger partial charge in [0.1, 0.15) is 13.2 Å². The fourth-order valence-corrected chi connectivity index (χ4v) is 7.63. The van der Waals surface area contributed by atoms with Crippen molar-refractivity contribution >= 4 is 17.9 Å². The molecule has 69 heavy (non-hydrogen) atoms. The summed E-state index contributed by atoms with van der Waals surface area (Å²) in [6.07, 6.45) is 77.0. The molecule has 0 aliphatic rings. The van der Waals surface area contributed by atoms with Crippen LogP contribution >= 0.6 is 0 Å². The van der Waals surface area contributed by atoms with Crippen LogP contribution in [0, 0.1) is 0 Å². The van der Waals surface area contributed by atoms with E-state index in [-0.39, 0.29) is 31.6 Å². The van der Waals surface area contributed by atoms with Gasteiger partial charge in [0.2, 0.25) is 0 Å². The molecule has 0 rings (SSSR count). The second kappa shape index (κ2) is 56.7. The van der Waals surface area contributed by atoms with Gasteiger partial charge >= 0.3 is 17.9 Å². The Bertz CT molecular complexity index is 1420. The number of allylic oxidation sites excluding steroid dienone is 17. The number of carbonyl (C=O) groups excluding carboxylic acids is 3. The lowest BCUT2D eigenvalue weighted by molar-refractivity contribution is -0.166. The van der Waals surface area contributed by atoms with Crippen molar-refractivity contribution in [1.82, 2.24) is 0 Å². The Labute approximate surface area is 425 Å². The van der Waals surface area contributed by atoms with Crippen LogP contribution in [0.4, 0.5) is 0 Å². The molecule has 0 saturated heterocycles. The van der Waals surface area contributed by atoms with Crippen LogP contribution in [0.3, 0.4) is 0 Å². The second-order valence-electron chi connectivity index (χ2n) is 18.5. The van der Waals surface area contributed by atoms with Crippen LogP contribution in [0.2, 0.25) is 0 Å². The molecule has 0 fully saturated rings. The normalized spacial score (nSPS) is 12.9. The molecule has 0 aliphatic carbocycles. The fraction of sp³-hybridized carbons (Fsp3) is 0.667. The van der Waals surface area contributed by atoms with Gasteiger partial charge in [-0.05, 0) is 83.5 Å². The van der Waals surface area contributed by atoms with E-state index in [1.165, 1.54) is 116 Å². The zero-order valence-electron chi connectivity index (χ0n) is 44.8. The summed E-state index contributed by atoms with van der Waals surface area (Å²) in [6, 6.07) is 0. The van der Waals surface area contributed by atoms with Crippen molar-refractivity contribution in [3.05, 3.63) is 109 Å². The molecular weight excluding hydrogens is 853 g/mol. The lowest BCUT2D eigenvalue weighted by Crippen LogP contribution is -2.30. The van der Waals surface area contributed by atoms with Crippen LogP contribution in [0.25, 0.3) is 0 Å². The molecule has 6 nitrogen and oxygen atoms in total. The molecule has 0 heterocycles. The minimum absolute atomic E-state index is 0.0962. The van der Waals surface area contributed by atoms with E-state index in [9.17, 15) is 14.4 Å². The van der Waals surface area contributed by atoms with E-state index in [0.717, 1.165) is 96.3 Å². The van der Waals surface area contributed by atoms with Gasteiger partial charge in [0.15, 0.2) is 6.10 Å². The molecule has 0 aromatic heterocycles. The van der Waals surface area contributed by atoms with Crippen LogP contribution in [0.5, 0.6) is 0 Å². The molecular formula is C63H104O6. The van der Waals surface area contributed by atoms with Crippen molar-refractivity contribution in [1.29, 1.82) is 0 Å². The number of unbranched alkanes of at least 4 members (excludes halogenated alkanes) is 22. The first-order valence-electron chi connectivity index (χ1n) is 28.4. The first kappa shape index (κ1) is 65.1. The van der Waals surface area contributed by atoms with E-state index in [1.54, 1.807) is 6.08 Å². The fourth-order valence-electron chi connectivity index (χ4n) is 7.63. The maximum absolute atomic E-state index is 12.7. The lowest BCUT2D eigenvalue weighted by atomic mass is 10.0. The van der Waals surface area contributed by atoms with Crippen LogP contribution in [0.15, 0.2) is 109 Å². The highest BCUT2D eigenvalue weighted by Gasteiger charge is 2.19. The third kappa shape index (κ3) is 54.9. The SMILES string of the molecule is CC/C=C\C/C=C\C/C=C\C/C=C\C/C=C\CC(=O)OC(COC(=O)CCCCCCCCCCC)COC(=O)CCCCCCCCCCCCCCCC/C=C\C/C=C\C/C=C\C/C=C\CC. The van der Waals surface area contributed by atoms with Crippen LogP contribution in [-0.4, -0.2) is 37.2 Å². The first-order valence-corrected chi connectivity index (χ1v) is 28.4. The topological polar surface area (TPSA) is 78.9 Å². The van der Waals surface area contributed by atoms with Crippen molar-refractivity contribution in [3.63, 3.8) is 0 Å². The third-order valence-electron chi connectivity index (χ3n) is 11.8. The van der Waals surface area contributed by atoms with Gasteiger partial charge in [-0.3, -0.25) is 14.4 Å². The minimum atomic E-state index is -0.830. The summed E-state index contributed by atoms with van der Waals surface area (Å²) in [4.78, 5) is 37.9. The standard InChI is InChI=1S/C63H104O6/c1-4-7-10-13-16-19-21-23-25-26-27-28-29-30-31-32-33-34-35-36-38-39-41-44-47-50-53-56-62(65)68-59-60(58-67-61(64)55-52-49-46-43-18-15-12-9-6-3)69-63(66)57-54-51-48-45-42-40-37-24-22-20-17-14-11-8-5-2/h7-8,10-11,16-17,19-20,23-25,27-28,37,42,45,51,54,60H,4-6,9,12-15,18,21-22,26,29-36,38-41,43-44,46-50,52-53,55-59H2,1-3H3/b10-7-,11-8-,19-16-,20-17-,25-23-,28-27-,37-24-,45-42-,54-51-. The average Bonchev–Trinajstić information content (AvgIpc) is 3.35. The van der Waals surface area contributed by atoms with Crippen molar-refractivity contribution in [2.45, 2.75) is 258 Å². The maximum atomic E-state index is 12.7. The molecule has 0 amide bonds. The predicted octanol–water partition coefficient (Wildman–Crippen LogP) is 19.1. The average molecular weight is 958 g/mol. The van der Waals surface area contributed by atoms with Crippen molar-refractivity contribution in [3.8, 4) is 0 Å². The Morgan fingerprint density at radius 3 is 0.957 bits per heavy atom. The van der Waals surface area contributed by atoms with Crippen molar-refractivity contribution in [2.75, 3.05) is 13.2 Å². The van der Waals surface area contributed by atoms with Gasteiger partial charge < -0.3 is 14.2 Å². The van der Waals surface area contributed by atoms with E-state index in [4.69, 9.17) is 14.2 Å². The number of rotatable bonds is 50. The zero-order valence-corrected chi connectivity index (χ0v) is 44.8. The van der Waals surface area contributed by atoms with Gasteiger partial charge in [-0.1, -0.05) is 259 Å². The Balaban J connectivity index is 4.26.